The minimum Gasteiger partial charge on any atom is -0.491 e. The van der Waals surface area contributed by atoms with E-state index in [0.29, 0.717) is 6.10 Å². The molecule has 0 aliphatic heterocycles. The molecule has 0 saturated heterocycles. The second-order valence-electron chi connectivity index (χ2n) is 4.39. The Hall–Kier alpha value is -1.38. The molecule has 3 nitrogen and oxygen atoms in total. The van der Waals surface area contributed by atoms with E-state index in [-0.39, 0.29) is 6.10 Å². The smallest absolute Gasteiger partial charge is 0.143 e. The summed E-state index contributed by atoms with van der Waals surface area (Å²) < 4.78 is 11.4. The van der Waals surface area contributed by atoms with E-state index in [1.165, 1.54) is 12.8 Å². The van der Waals surface area contributed by atoms with Gasteiger partial charge >= 0.3 is 0 Å². The Balaban J connectivity index is 2.12. The molecule has 1 aliphatic rings. The number of anilines is 1. The lowest BCUT2D eigenvalue weighted by Crippen LogP contribution is -2.06. The van der Waals surface area contributed by atoms with Crippen LogP contribution in [-0.4, -0.2) is 19.3 Å². The van der Waals surface area contributed by atoms with Crippen LogP contribution < -0.4 is 14.8 Å². The molecule has 1 aromatic carbocycles. The number of nitrogens with one attached hydrogen (secondary N) is 1. The predicted octanol–water partition coefficient (Wildman–Crippen LogP) is 3.06. The van der Waals surface area contributed by atoms with E-state index in [9.17, 15) is 0 Å². The first-order valence-corrected chi connectivity index (χ1v) is 5.84. The number of hydrogen-bond donors (Lipinski definition) is 1. The summed E-state index contributed by atoms with van der Waals surface area (Å²) in [6.07, 6.45) is 2.96. The van der Waals surface area contributed by atoms with Crippen molar-refractivity contribution in [2.75, 3.05) is 12.4 Å². The minimum absolute atomic E-state index is 0.194. The summed E-state index contributed by atoms with van der Waals surface area (Å²) in [4.78, 5) is 0. The molecular formula is C13H19NO2. The molecule has 88 valence electrons. The van der Waals surface area contributed by atoms with E-state index in [2.05, 4.69) is 5.32 Å². The van der Waals surface area contributed by atoms with Crippen molar-refractivity contribution in [1.29, 1.82) is 0 Å². The number of ether oxygens (including phenoxy) is 2. The Morgan fingerprint density at radius 3 is 2.62 bits per heavy atom. The molecular weight excluding hydrogens is 202 g/mol. The van der Waals surface area contributed by atoms with E-state index in [4.69, 9.17) is 9.47 Å². The van der Waals surface area contributed by atoms with Gasteiger partial charge in [0, 0.05) is 13.1 Å². The number of hydrogen-bond acceptors (Lipinski definition) is 3. The van der Waals surface area contributed by atoms with Crippen LogP contribution in [0.1, 0.15) is 26.7 Å². The maximum Gasteiger partial charge on any atom is 0.143 e. The van der Waals surface area contributed by atoms with E-state index in [0.717, 1.165) is 17.2 Å². The molecule has 0 spiro atoms. The number of rotatable bonds is 5. The van der Waals surface area contributed by atoms with Crippen molar-refractivity contribution in [3.05, 3.63) is 18.2 Å². The lowest BCUT2D eigenvalue weighted by Gasteiger charge is -2.14. The zero-order chi connectivity index (χ0) is 11.5. The standard InChI is InChI=1S/C13H19NO2/c1-9(2)15-11-6-7-13(12(8-11)14-3)16-10-4-5-10/h6-10,14H,4-5H2,1-3H3. The third-order valence-electron chi connectivity index (χ3n) is 2.41. The summed E-state index contributed by atoms with van der Waals surface area (Å²) in [6, 6.07) is 5.91. The summed E-state index contributed by atoms with van der Waals surface area (Å²) in [7, 11) is 1.90. The van der Waals surface area contributed by atoms with Gasteiger partial charge in [-0.3, -0.25) is 0 Å². The Bertz CT molecular complexity index is 359. The molecule has 0 heterocycles. The molecule has 3 heteroatoms. The van der Waals surface area contributed by atoms with E-state index in [1.807, 2.05) is 39.1 Å². The van der Waals surface area contributed by atoms with Crippen molar-refractivity contribution in [2.24, 2.45) is 0 Å². The zero-order valence-electron chi connectivity index (χ0n) is 10.1. The van der Waals surface area contributed by atoms with Crippen LogP contribution in [0.4, 0.5) is 5.69 Å². The molecule has 1 saturated carbocycles. The van der Waals surface area contributed by atoms with Crippen LogP contribution in [-0.2, 0) is 0 Å². The SMILES string of the molecule is CNc1cc(OC(C)C)ccc1OC1CC1. The van der Waals surface area contributed by atoms with Crippen LogP contribution in [0.25, 0.3) is 0 Å². The highest BCUT2D eigenvalue weighted by molar-refractivity contribution is 5.59. The molecule has 1 aliphatic carbocycles. The largest absolute Gasteiger partial charge is 0.491 e. The Labute approximate surface area is 96.8 Å². The van der Waals surface area contributed by atoms with Gasteiger partial charge in [0.15, 0.2) is 0 Å². The van der Waals surface area contributed by atoms with Crippen LogP contribution >= 0.6 is 0 Å². The molecule has 1 aromatic rings. The van der Waals surface area contributed by atoms with Crippen molar-refractivity contribution in [2.45, 2.75) is 38.9 Å². The van der Waals surface area contributed by atoms with E-state index in [1.54, 1.807) is 0 Å². The van der Waals surface area contributed by atoms with Gasteiger partial charge < -0.3 is 14.8 Å². The van der Waals surface area contributed by atoms with Gasteiger partial charge in [0.05, 0.1) is 17.9 Å². The topological polar surface area (TPSA) is 30.5 Å². The molecule has 0 aromatic heterocycles. The van der Waals surface area contributed by atoms with Gasteiger partial charge in [-0.1, -0.05) is 0 Å². The van der Waals surface area contributed by atoms with Crippen LogP contribution in [0.3, 0.4) is 0 Å². The van der Waals surface area contributed by atoms with Crippen molar-refractivity contribution >= 4 is 5.69 Å². The highest BCUT2D eigenvalue weighted by atomic mass is 16.5. The molecule has 0 unspecified atom stereocenters. The van der Waals surface area contributed by atoms with Gasteiger partial charge in [-0.05, 0) is 38.8 Å². The van der Waals surface area contributed by atoms with Crippen LogP contribution in [0.15, 0.2) is 18.2 Å². The van der Waals surface area contributed by atoms with E-state index < -0.39 is 0 Å². The highest BCUT2D eigenvalue weighted by Gasteiger charge is 2.24. The maximum atomic E-state index is 5.79. The predicted molar refractivity (Wildman–Crippen MR) is 65.4 cm³/mol. The van der Waals surface area contributed by atoms with Gasteiger partial charge in [0.1, 0.15) is 11.5 Å². The first-order chi connectivity index (χ1) is 7.69. The monoisotopic (exact) mass is 221 g/mol. The quantitative estimate of drug-likeness (QED) is 0.829. The lowest BCUT2D eigenvalue weighted by molar-refractivity contribution is 0.241. The lowest BCUT2D eigenvalue weighted by atomic mass is 10.2. The van der Waals surface area contributed by atoms with Crippen molar-refractivity contribution < 1.29 is 9.47 Å². The second kappa shape index (κ2) is 4.64. The maximum absolute atomic E-state index is 5.79. The summed E-state index contributed by atoms with van der Waals surface area (Å²) in [6.45, 7) is 4.04. The molecule has 0 bridgehead atoms. The van der Waals surface area contributed by atoms with Crippen molar-refractivity contribution in [3.63, 3.8) is 0 Å². The molecule has 16 heavy (non-hydrogen) atoms. The van der Waals surface area contributed by atoms with Crippen molar-refractivity contribution in [1.82, 2.24) is 0 Å². The Morgan fingerprint density at radius 1 is 1.31 bits per heavy atom. The molecule has 1 N–H and O–H groups in total. The Kier molecular flexibility index (Phi) is 3.22. The fraction of sp³-hybridized carbons (Fsp3) is 0.538. The molecule has 2 rings (SSSR count). The molecule has 0 radical (unpaired) electrons. The highest BCUT2D eigenvalue weighted by Crippen LogP contribution is 2.34. The van der Waals surface area contributed by atoms with Crippen LogP contribution in [0.5, 0.6) is 11.5 Å². The minimum atomic E-state index is 0.194. The second-order valence-corrected chi connectivity index (χ2v) is 4.39. The van der Waals surface area contributed by atoms with Crippen molar-refractivity contribution in [3.8, 4) is 11.5 Å². The van der Waals surface area contributed by atoms with Gasteiger partial charge in [-0.2, -0.15) is 0 Å². The fourth-order valence-electron chi connectivity index (χ4n) is 1.52. The Morgan fingerprint density at radius 2 is 2.06 bits per heavy atom. The van der Waals surface area contributed by atoms with Gasteiger partial charge in [-0.25, -0.2) is 0 Å². The molecule has 0 amide bonds. The summed E-state index contributed by atoms with van der Waals surface area (Å²) >= 11 is 0. The van der Waals surface area contributed by atoms with E-state index >= 15 is 0 Å². The molecule has 0 atom stereocenters. The van der Waals surface area contributed by atoms with Gasteiger partial charge in [-0.15, -0.1) is 0 Å². The summed E-state index contributed by atoms with van der Waals surface area (Å²) in [5, 5.41) is 3.14. The third kappa shape index (κ3) is 2.81. The first-order valence-electron chi connectivity index (χ1n) is 5.84. The summed E-state index contributed by atoms with van der Waals surface area (Å²) in [5.41, 5.74) is 0.991. The zero-order valence-corrected chi connectivity index (χ0v) is 10.1. The van der Waals surface area contributed by atoms with Crippen LogP contribution in [0.2, 0.25) is 0 Å². The number of benzene rings is 1. The van der Waals surface area contributed by atoms with Gasteiger partial charge in [0.25, 0.3) is 0 Å². The average Bonchev–Trinajstić information content (AvgIpc) is 3.03. The third-order valence-corrected chi connectivity index (χ3v) is 2.41. The fourth-order valence-corrected chi connectivity index (χ4v) is 1.52. The molecule has 1 fully saturated rings. The summed E-state index contributed by atoms with van der Waals surface area (Å²) in [5.74, 6) is 1.80. The normalized spacial score (nSPS) is 15.0. The first kappa shape index (κ1) is 11.1. The van der Waals surface area contributed by atoms with Gasteiger partial charge in [0.2, 0.25) is 0 Å². The van der Waals surface area contributed by atoms with Crippen LogP contribution in [0, 0.1) is 0 Å². The average molecular weight is 221 g/mol.